The largest absolute Gasteiger partial charge is 0.301 e. The van der Waals surface area contributed by atoms with E-state index in [0.29, 0.717) is 0 Å². The molecule has 0 atom stereocenters. The molecule has 0 spiro atoms. The van der Waals surface area contributed by atoms with Gasteiger partial charge >= 0.3 is 5.69 Å². The van der Waals surface area contributed by atoms with Gasteiger partial charge in [0.15, 0.2) is 0 Å². The van der Waals surface area contributed by atoms with E-state index in [1.165, 1.54) is 42.5 Å². The van der Waals surface area contributed by atoms with Crippen LogP contribution in [0.15, 0.2) is 87.1 Å². The smallest absolute Gasteiger partial charge is 0.258 e. The maximum Gasteiger partial charge on any atom is 0.301 e. The molecule has 0 N–H and O–H groups in total. The molecule has 0 unspecified atom stereocenters. The summed E-state index contributed by atoms with van der Waals surface area (Å²) in [6.07, 6.45) is 5.67. The number of nitro benzene ring substituents is 2. The number of benzene rings is 2. The van der Waals surface area contributed by atoms with Gasteiger partial charge in [-0.1, -0.05) is 18.2 Å². The summed E-state index contributed by atoms with van der Waals surface area (Å²) in [7, 11) is -3.87. The van der Waals surface area contributed by atoms with Crippen LogP contribution in [0.2, 0.25) is 0 Å². The summed E-state index contributed by atoms with van der Waals surface area (Å²) < 4.78 is 28.3. The quantitative estimate of drug-likeness (QED) is 0.417. The molecule has 2 aromatic rings. The van der Waals surface area contributed by atoms with Crippen LogP contribution < -0.4 is 0 Å². The second-order valence-corrected chi connectivity index (χ2v) is 7.30. The fourth-order valence-electron chi connectivity index (χ4n) is 2.38. The van der Waals surface area contributed by atoms with Crippen LogP contribution in [0, 0.1) is 20.2 Å². The van der Waals surface area contributed by atoms with E-state index in [9.17, 15) is 28.6 Å². The summed E-state index contributed by atoms with van der Waals surface area (Å²) in [6, 6.07) is 10.8. The summed E-state index contributed by atoms with van der Waals surface area (Å²) in [5.74, 6) is 0. The minimum Gasteiger partial charge on any atom is -0.258 e. The Morgan fingerprint density at radius 1 is 0.793 bits per heavy atom. The number of sulfonamides is 1. The number of nitro groups is 2. The van der Waals surface area contributed by atoms with Crippen LogP contribution in [-0.2, 0) is 10.0 Å². The minimum atomic E-state index is -3.87. The number of rotatable bonds is 5. The van der Waals surface area contributed by atoms with Crippen molar-refractivity contribution in [2.24, 2.45) is 9.39 Å². The Bertz CT molecular complexity index is 1200. The van der Waals surface area contributed by atoms with Crippen molar-refractivity contribution < 1.29 is 18.3 Å². The molecule has 0 aliphatic heterocycles. The van der Waals surface area contributed by atoms with E-state index in [2.05, 4.69) is 9.39 Å². The Kier molecular flexibility index (Phi) is 5.41. The molecule has 0 saturated carbocycles. The standard InChI is InChI=1S/C18H12N4O6S/c23-21(24)15-10-11-17(18(12-15)22(25)26)19-13-6-8-14(9-7-13)20-29(27,28)16-4-2-1-3-5-16/h1-12H. The maximum absolute atomic E-state index is 12.3. The van der Waals surface area contributed by atoms with Gasteiger partial charge in [-0.05, 0) is 42.5 Å². The average Bonchev–Trinajstić information content (AvgIpc) is 2.70. The lowest BCUT2D eigenvalue weighted by Gasteiger charge is -2.04. The fourth-order valence-corrected chi connectivity index (χ4v) is 3.38. The van der Waals surface area contributed by atoms with Gasteiger partial charge in [-0.3, -0.25) is 20.2 Å². The monoisotopic (exact) mass is 412 g/mol. The zero-order chi connectivity index (χ0) is 21.0. The molecule has 0 amide bonds. The van der Waals surface area contributed by atoms with Gasteiger partial charge in [-0.15, -0.1) is 0 Å². The van der Waals surface area contributed by atoms with Crippen molar-refractivity contribution in [1.82, 2.24) is 0 Å². The molecule has 1 aliphatic rings. The number of allylic oxidation sites excluding steroid dienone is 4. The maximum atomic E-state index is 12.3. The van der Waals surface area contributed by atoms with Gasteiger partial charge in [0, 0.05) is 6.07 Å². The normalized spacial score (nSPS) is 13.2. The van der Waals surface area contributed by atoms with Gasteiger partial charge in [-0.25, -0.2) is 4.99 Å². The molecule has 0 bridgehead atoms. The summed E-state index contributed by atoms with van der Waals surface area (Å²) in [5, 5.41) is 22.0. The molecule has 0 heterocycles. The Labute approximate surface area is 164 Å². The molecule has 3 rings (SSSR count). The van der Waals surface area contributed by atoms with Crippen LogP contribution in [0.25, 0.3) is 0 Å². The van der Waals surface area contributed by atoms with Gasteiger partial charge in [0.1, 0.15) is 5.69 Å². The minimum absolute atomic E-state index is 0.0512. The third-order valence-corrected chi connectivity index (χ3v) is 5.05. The van der Waals surface area contributed by atoms with Crippen molar-refractivity contribution in [2.45, 2.75) is 4.90 Å². The number of hydrogen-bond acceptors (Lipinski definition) is 7. The molecule has 0 fully saturated rings. The zero-order valence-corrected chi connectivity index (χ0v) is 15.4. The van der Waals surface area contributed by atoms with E-state index in [0.717, 1.165) is 12.1 Å². The SMILES string of the molecule is O=[N+]([O-])c1ccc(N=C2C=CC(=NS(=O)(=O)c3ccccc3)C=C2)c([N+](=O)[O-])c1. The fraction of sp³-hybridized carbons (Fsp3) is 0. The molecular formula is C18H12N4O6S. The van der Waals surface area contributed by atoms with E-state index in [1.807, 2.05) is 0 Å². The molecule has 2 aromatic carbocycles. The molecule has 11 heteroatoms. The van der Waals surface area contributed by atoms with Crippen molar-refractivity contribution >= 4 is 38.5 Å². The lowest BCUT2D eigenvalue weighted by atomic mass is 10.1. The van der Waals surface area contributed by atoms with Crippen LogP contribution >= 0.6 is 0 Å². The van der Waals surface area contributed by atoms with E-state index in [4.69, 9.17) is 0 Å². The van der Waals surface area contributed by atoms with Crippen molar-refractivity contribution in [3.8, 4) is 0 Å². The second kappa shape index (κ2) is 7.94. The van der Waals surface area contributed by atoms with E-state index in [1.54, 1.807) is 18.2 Å². The Hall–Kier alpha value is -3.99. The predicted octanol–water partition coefficient (Wildman–Crippen LogP) is 3.53. The molecular weight excluding hydrogens is 400 g/mol. The Morgan fingerprint density at radius 3 is 2.00 bits per heavy atom. The highest BCUT2D eigenvalue weighted by Gasteiger charge is 2.19. The topological polar surface area (TPSA) is 145 Å². The van der Waals surface area contributed by atoms with Gasteiger partial charge in [0.2, 0.25) is 0 Å². The van der Waals surface area contributed by atoms with E-state index in [-0.39, 0.29) is 22.0 Å². The highest BCUT2D eigenvalue weighted by Crippen LogP contribution is 2.31. The Morgan fingerprint density at radius 2 is 1.41 bits per heavy atom. The van der Waals surface area contributed by atoms with Crippen LogP contribution in [0.5, 0.6) is 0 Å². The van der Waals surface area contributed by atoms with Crippen molar-refractivity contribution in [3.63, 3.8) is 0 Å². The van der Waals surface area contributed by atoms with Crippen LogP contribution in [0.1, 0.15) is 0 Å². The first-order valence-electron chi connectivity index (χ1n) is 8.04. The predicted molar refractivity (Wildman–Crippen MR) is 106 cm³/mol. The first-order valence-corrected chi connectivity index (χ1v) is 9.48. The molecule has 0 saturated heterocycles. The van der Waals surface area contributed by atoms with E-state index >= 15 is 0 Å². The number of aliphatic imine (C=N–C) groups is 1. The van der Waals surface area contributed by atoms with Gasteiger partial charge < -0.3 is 0 Å². The summed E-state index contributed by atoms with van der Waals surface area (Å²) in [4.78, 5) is 24.6. The first kappa shape index (κ1) is 19.8. The summed E-state index contributed by atoms with van der Waals surface area (Å²) >= 11 is 0. The molecule has 0 aromatic heterocycles. The second-order valence-electron chi connectivity index (χ2n) is 5.69. The zero-order valence-electron chi connectivity index (χ0n) is 14.6. The highest BCUT2D eigenvalue weighted by atomic mass is 32.2. The van der Waals surface area contributed by atoms with Gasteiger partial charge in [0.25, 0.3) is 15.7 Å². The lowest BCUT2D eigenvalue weighted by Crippen LogP contribution is -2.05. The number of hydrogen-bond donors (Lipinski definition) is 0. The van der Waals surface area contributed by atoms with Crippen LogP contribution in [0.3, 0.4) is 0 Å². The molecule has 29 heavy (non-hydrogen) atoms. The molecule has 146 valence electrons. The molecule has 1 aliphatic carbocycles. The van der Waals surface area contributed by atoms with Crippen molar-refractivity contribution in [3.05, 3.63) is 93.1 Å². The molecule has 10 nitrogen and oxygen atoms in total. The highest BCUT2D eigenvalue weighted by molar-refractivity contribution is 7.90. The summed E-state index contributed by atoms with van der Waals surface area (Å²) in [6.45, 7) is 0. The van der Waals surface area contributed by atoms with Crippen LogP contribution in [-0.4, -0.2) is 29.7 Å². The van der Waals surface area contributed by atoms with Crippen molar-refractivity contribution in [2.75, 3.05) is 0 Å². The lowest BCUT2D eigenvalue weighted by molar-refractivity contribution is -0.393. The third kappa shape index (κ3) is 4.65. The average molecular weight is 412 g/mol. The number of nitrogens with zero attached hydrogens (tertiary/aromatic N) is 4. The van der Waals surface area contributed by atoms with Crippen LogP contribution in [0.4, 0.5) is 17.1 Å². The third-order valence-electron chi connectivity index (χ3n) is 3.73. The van der Waals surface area contributed by atoms with E-state index < -0.39 is 31.2 Å². The van der Waals surface area contributed by atoms with Crippen molar-refractivity contribution in [1.29, 1.82) is 0 Å². The number of non-ortho nitro benzene ring substituents is 1. The molecule has 0 radical (unpaired) electrons. The van der Waals surface area contributed by atoms with Gasteiger partial charge in [0.05, 0.1) is 32.2 Å². The van der Waals surface area contributed by atoms with Gasteiger partial charge in [-0.2, -0.15) is 12.8 Å². The first-order chi connectivity index (χ1) is 13.8. The summed E-state index contributed by atoms with van der Waals surface area (Å²) in [5.41, 5.74) is -0.554. The Balaban J connectivity index is 1.88.